The fraction of sp³-hybridized carbons (Fsp3) is 0.333. The fourth-order valence-electron chi connectivity index (χ4n) is 1.47. The molecule has 1 rings (SSSR count). The summed E-state index contributed by atoms with van der Waals surface area (Å²) in [5, 5.41) is 0. The van der Waals surface area contributed by atoms with Crippen molar-refractivity contribution < 1.29 is 4.74 Å². The minimum atomic E-state index is 0.0845. The third-order valence-electron chi connectivity index (χ3n) is 2.41. The Morgan fingerprint density at radius 2 is 2.20 bits per heavy atom. The van der Waals surface area contributed by atoms with Crippen LogP contribution in [-0.4, -0.2) is 13.2 Å². The highest BCUT2D eigenvalue weighted by molar-refractivity contribution is 5.34. The molecule has 0 heterocycles. The van der Waals surface area contributed by atoms with Crippen LogP contribution >= 0.6 is 0 Å². The highest BCUT2D eigenvalue weighted by Crippen LogP contribution is 2.20. The number of hydrogen-bond acceptors (Lipinski definition) is 3. The van der Waals surface area contributed by atoms with E-state index in [1.807, 2.05) is 31.2 Å². The van der Waals surface area contributed by atoms with Gasteiger partial charge in [0.25, 0.3) is 0 Å². The summed E-state index contributed by atoms with van der Waals surface area (Å²) in [7, 11) is 1.67. The molecule has 1 atom stereocenters. The lowest BCUT2D eigenvalue weighted by Crippen LogP contribution is -2.37. The van der Waals surface area contributed by atoms with Gasteiger partial charge in [0, 0.05) is 6.04 Å². The molecule has 15 heavy (non-hydrogen) atoms. The number of hydrogen-bond donors (Lipinski definition) is 2. The van der Waals surface area contributed by atoms with Crippen molar-refractivity contribution >= 4 is 0 Å². The van der Waals surface area contributed by atoms with Gasteiger partial charge in [-0.15, -0.1) is 0 Å². The van der Waals surface area contributed by atoms with E-state index in [1.165, 1.54) is 0 Å². The average molecular weight is 206 g/mol. The van der Waals surface area contributed by atoms with Gasteiger partial charge >= 0.3 is 0 Å². The first-order valence-electron chi connectivity index (χ1n) is 4.92. The van der Waals surface area contributed by atoms with Gasteiger partial charge in [0.2, 0.25) is 0 Å². The van der Waals surface area contributed by atoms with Crippen molar-refractivity contribution in [3.8, 4) is 5.75 Å². The Balaban J connectivity index is 2.82. The molecule has 0 radical (unpaired) electrons. The van der Waals surface area contributed by atoms with Gasteiger partial charge in [-0.3, -0.25) is 11.3 Å². The summed E-state index contributed by atoms with van der Waals surface area (Å²) >= 11 is 0. The Kier molecular flexibility index (Phi) is 4.34. The number of hydrazine groups is 1. The maximum absolute atomic E-state index is 5.46. The summed E-state index contributed by atoms with van der Waals surface area (Å²) in [6, 6.07) is 8.01. The predicted octanol–water partition coefficient (Wildman–Crippen LogP) is 1.65. The van der Waals surface area contributed by atoms with Crippen molar-refractivity contribution in [2.24, 2.45) is 5.84 Å². The topological polar surface area (TPSA) is 47.3 Å². The Morgan fingerprint density at radius 3 is 2.73 bits per heavy atom. The molecule has 3 N–H and O–H groups in total. The highest BCUT2D eigenvalue weighted by Gasteiger charge is 2.10. The summed E-state index contributed by atoms with van der Waals surface area (Å²) in [5.41, 5.74) is 4.89. The molecular weight excluding hydrogens is 188 g/mol. The van der Waals surface area contributed by atoms with Crippen LogP contribution in [0.5, 0.6) is 5.75 Å². The smallest absolute Gasteiger partial charge is 0.122 e. The van der Waals surface area contributed by atoms with Gasteiger partial charge in [-0.05, 0) is 25.0 Å². The summed E-state index contributed by atoms with van der Waals surface area (Å²) in [6.45, 7) is 5.85. The molecule has 82 valence electrons. The van der Waals surface area contributed by atoms with Gasteiger partial charge in [-0.25, -0.2) is 0 Å². The molecule has 0 spiro atoms. The molecular formula is C12H18N2O. The summed E-state index contributed by atoms with van der Waals surface area (Å²) < 4.78 is 5.27. The van der Waals surface area contributed by atoms with Crippen LogP contribution in [0.2, 0.25) is 0 Å². The van der Waals surface area contributed by atoms with E-state index in [0.29, 0.717) is 0 Å². The molecule has 3 nitrogen and oxygen atoms in total. The molecule has 0 bridgehead atoms. The Morgan fingerprint density at radius 1 is 1.53 bits per heavy atom. The standard InChI is InChI=1S/C12H18N2O/c1-9(2)11(14-13)8-10-6-4-5-7-12(10)15-3/h4-7,11,14H,1,8,13H2,2-3H3. The number of benzene rings is 1. The lowest BCUT2D eigenvalue weighted by Gasteiger charge is -2.17. The predicted molar refractivity (Wildman–Crippen MR) is 62.6 cm³/mol. The van der Waals surface area contributed by atoms with Gasteiger partial charge < -0.3 is 4.74 Å². The number of para-hydroxylation sites is 1. The minimum Gasteiger partial charge on any atom is -0.496 e. The molecule has 1 aromatic rings. The van der Waals surface area contributed by atoms with E-state index in [0.717, 1.165) is 23.3 Å². The second-order valence-corrected chi connectivity index (χ2v) is 3.58. The van der Waals surface area contributed by atoms with E-state index in [9.17, 15) is 0 Å². The highest BCUT2D eigenvalue weighted by atomic mass is 16.5. The molecule has 0 aliphatic heterocycles. The molecule has 0 saturated heterocycles. The molecule has 0 aromatic heterocycles. The molecule has 0 saturated carbocycles. The van der Waals surface area contributed by atoms with Crippen LogP contribution in [0.1, 0.15) is 12.5 Å². The minimum absolute atomic E-state index is 0.0845. The maximum Gasteiger partial charge on any atom is 0.122 e. The summed E-state index contributed by atoms with van der Waals surface area (Å²) in [4.78, 5) is 0. The van der Waals surface area contributed by atoms with Crippen LogP contribution in [0.15, 0.2) is 36.4 Å². The zero-order chi connectivity index (χ0) is 11.3. The van der Waals surface area contributed by atoms with E-state index < -0.39 is 0 Å². The van der Waals surface area contributed by atoms with Gasteiger partial charge in [-0.2, -0.15) is 0 Å². The summed E-state index contributed by atoms with van der Waals surface area (Å²) in [5.74, 6) is 6.35. The second kappa shape index (κ2) is 5.53. The van der Waals surface area contributed by atoms with Crippen molar-refractivity contribution in [1.29, 1.82) is 0 Å². The molecule has 1 aromatic carbocycles. The molecule has 0 aliphatic carbocycles. The van der Waals surface area contributed by atoms with Crippen LogP contribution in [-0.2, 0) is 6.42 Å². The van der Waals surface area contributed by atoms with Crippen molar-refractivity contribution in [1.82, 2.24) is 5.43 Å². The van der Waals surface area contributed by atoms with Crippen LogP contribution < -0.4 is 16.0 Å². The van der Waals surface area contributed by atoms with Crippen LogP contribution in [0.4, 0.5) is 0 Å². The molecule has 0 fully saturated rings. The van der Waals surface area contributed by atoms with Gasteiger partial charge in [0.15, 0.2) is 0 Å². The fourth-order valence-corrected chi connectivity index (χ4v) is 1.47. The number of ether oxygens (including phenoxy) is 1. The van der Waals surface area contributed by atoms with E-state index in [-0.39, 0.29) is 6.04 Å². The zero-order valence-corrected chi connectivity index (χ0v) is 9.29. The summed E-state index contributed by atoms with van der Waals surface area (Å²) in [6.07, 6.45) is 0.788. The van der Waals surface area contributed by atoms with E-state index in [1.54, 1.807) is 7.11 Å². The lowest BCUT2D eigenvalue weighted by molar-refractivity contribution is 0.407. The van der Waals surface area contributed by atoms with E-state index in [2.05, 4.69) is 12.0 Å². The zero-order valence-electron chi connectivity index (χ0n) is 9.29. The Labute approximate surface area is 90.9 Å². The monoisotopic (exact) mass is 206 g/mol. The van der Waals surface area contributed by atoms with Crippen molar-refractivity contribution in [2.45, 2.75) is 19.4 Å². The molecule has 3 heteroatoms. The average Bonchev–Trinajstić information content (AvgIpc) is 2.25. The Bertz CT molecular complexity index is 336. The van der Waals surface area contributed by atoms with Gasteiger partial charge in [0.1, 0.15) is 5.75 Å². The third-order valence-corrected chi connectivity index (χ3v) is 2.41. The first kappa shape index (κ1) is 11.8. The van der Waals surface area contributed by atoms with Crippen molar-refractivity contribution in [3.63, 3.8) is 0 Å². The SMILES string of the molecule is C=C(C)C(Cc1ccccc1OC)NN. The molecule has 1 unspecified atom stereocenters. The molecule has 0 amide bonds. The number of nitrogens with two attached hydrogens (primary N) is 1. The van der Waals surface area contributed by atoms with Crippen molar-refractivity contribution in [2.75, 3.05) is 7.11 Å². The number of methoxy groups -OCH3 is 1. The van der Waals surface area contributed by atoms with Crippen molar-refractivity contribution in [3.05, 3.63) is 42.0 Å². The largest absolute Gasteiger partial charge is 0.496 e. The van der Waals surface area contributed by atoms with E-state index in [4.69, 9.17) is 10.6 Å². The van der Waals surface area contributed by atoms with Crippen LogP contribution in [0, 0.1) is 0 Å². The quantitative estimate of drug-likeness (QED) is 0.437. The third kappa shape index (κ3) is 3.08. The Hall–Kier alpha value is -1.32. The maximum atomic E-state index is 5.46. The second-order valence-electron chi connectivity index (χ2n) is 3.58. The first-order chi connectivity index (χ1) is 7.19. The van der Waals surface area contributed by atoms with Gasteiger partial charge in [0.05, 0.1) is 7.11 Å². The number of nitrogens with one attached hydrogen (secondary N) is 1. The molecule has 0 aliphatic rings. The van der Waals surface area contributed by atoms with Crippen LogP contribution in [0.25, 0.3) is 0 Å². The lowest BCUT2D eigenvalue weighted by atomic mass is 10.0. The van der Waals surface area contributed by atoms with E-state index >= 15 is 0 Å². The normalized spacial score (nSPS) is 12.2. The first-order valence-corrected chi connectivity index (χ1v) is 4.92. The van der Waals surface area contributed by atoms with Gasteiger partial charge in [-0.1, -0.05) is 30.4 Å². The number of rotatable bonds is 5. The van der Waals surface area contributed by atoms with Crippen LogP contribution in [0.3, 0.4) is 0 Å².